The Morgan fingerprint density at radius 2 is 1.89 bits per heavy atom. The molecule has 1 aromatic rings. The number of hydrogen-bond donors (Lipinski definition) is 1. The van der Waals surface area contributed by atoms with Gasteiger partial charge in [0.15, 0.2) is 11.5 Å². The van der Waals surface area contributed by atoms with Crippen LogP contribution in [0, 0.1) is 5.92 Å². The van der Waals surface area contributed by atoms with Crippen LogP contribution in [0.4, 0.5) is 0 Å². The Bertz CT molecular complexity index is 417. The number of nitrogens with one attached hydrogen (secondary N) is 1. The summed E-state index contributed by atoms with van der Waals surface area (Å²) >= 11 is 0. The fourth-order valence-electron chi connectivity index (χ4n) is 2.87. The number of hydrogen-bond acceptors (Lipinski definition) is 3. The van der Waals surface area contributed by atoms with E-state index in [9.17, 15) is 0 Å². The summed E-state index contributed by atoms with van der Waals surface area (Å²) in [7, 11) is 3.39. The third kappa shape index (κ3) is 2.46. The Morgan fingerprint density at radius 3 is 2.50 bits per heavy atom. The van der Waals surface area contributed by atoms with Crippen LogP contribution in [-0.4, -0.2) is 20.8 Å². The monoisotopic (exact) mass is 249 g/mol. The molecule has 1 N–H and O–H groups in total. The molecule has 18 heavy (non-hydrogen) atoms. The lowest BCUT2D eigenvalue weighted by atomic mass is 9.81. The summed E-state index contributed by atoms with van der Waals surface area (Å²) in [5, 5.41) is 3.56. The van der Waals surface area contributed by atoms with E-state index >= 15 is 0 Å². The highest BCUT2D eigenvalue weighted by molar-refractivity contribution is 5.49. The van der Waals surface area contributed by atoms with Crippen LogP contribution in [0.25, 0.3) is 0 Å². The predicted octanol–water partition coefficient (Wildman–Crippen LogP) is 2.94. The van der Waals surface area contributed by atoms with E-state index in [0.29, 0.717) is 12.0 Å². The van der Waals surface area contributed by atoms with E-state index in [1.165, 1.54) is 17.5 Å². The van der Waals surface area contributed by atoms with Crippen molar-refractivity contribution in [3.05, 3.63) is 23.3 Å². The van der Waals surface area contributed by atoms with E-state index in [2.05, 4.69) is 31.3 Å². The summed E-state index contributed by atoms with van der Waals surface area (Å²) in [6.07, 6.45) is 2.31. The van der Waals surface area contributed by atoms with Gasteiger partial charge in [-0.15, -0.1) is 0 Å². The van der Waals surface area contributed by atoms with Crippen LogP contribution in [0.3, 0.4) is 0 Å². The summed E-state index contributed by atoms with van der Waals surface area (Å²) < 4.78 is 10.8. The quantitative estimate of drug-likeness (QED) is 0.890. The molecule has 0 amide bonds. The molecule has 1 aromatic carbocycles. The third-order valence-corrected chi connectivity index (χ3v) is 3.68. The third-order valence-electron chi connectivity index (χ3n) is 3.68. The molecule has 3 heteroatoms. The zero-order chi connectivity index (χ0) is 13.1. The molecule has 2 unspecified atom stereocenters. The van der Waals surface area contributed by atoms with Crippen molar-refractivity contribution in [3.8, 4) is 11.5 Å². The lowest BCUT2D eigenvalue weighted by Gasteiger charge is -2.31. The number of methoxy groups -OCH3 is 2. The SMILES string of the molecule is CCNC1CC(C)Cc2cc(OC)c(OC)cc21. The van der Waals surface area contributed by atoms with Crippen molar-refractivity contribution in [1.82, 2.24) is 5.32 Å². The zero-order valence-electron chi connectivity index (χ0n) is 11.7. The average molecular weight is 249 g/mol. The zero-order valence-corrected chi connectivity index (χ0v) is 11.7. The van der Waals surface area contributed by atoms with Crippen LogP contribution < -0.4 is 14.8 Å². The second-order valence-corrected chi connectivity index (χ2v) is 5.06. The van der Waals surface area contributed by atoms with E-state index in [-0.39, 0.29) is 0 Å². The molecule has 0 radical (unpaired) electrons. The first kappa shape index (κ1) is 13.2. The summed E-state index contributed by atoms with van der Waals surface area (Å²) in [4.78, 5) is 0. The van der Waals surface area contributed by atoms with Crippen LogP contribution in [0.2, 0.25) is 0 Å². The van der Waals surface area contributed by atoms with Crippen molar-refractivity contribution in [2.24, 2.45) is 5.92 Å². The average Bonchev–Trinajstić information content (AvgIpc) is 2.37. The van der Waals surface area contributed by atoms with E-state index in [1.54, 1.807) is 14.2 Å². The Kier molecular flexibility index (Phi) is 4.12. The highest BCUT2D eigenvalue weighted by Gasteiger charge is 2.25. The number of rotatable bonds is 4. The van der Waals surface area contributed by atoms with Crippen LogP contribution in [0.1, 0.15) is 37.4 Å². The van der Waals surface area contributed by atoms with Crippen molar-refractivity contribution in [1.29, 1.82) is 0 Å². The highest BCUT2D eigenvalue weighted by Crippen LogP contribution is 2.39. The molecule has 0 bridgehead atoms. The maximum absolute atomic E-state index is 5.40. The molecule has 100 valence electrons. The second kappa shape index (κ2) is 5.61. The first-order valence-corrected chi connectivity index (χ1v) is 6.67. The molecular weight excluding hydrogens is 226 g/mol. The van der Waals surface area contributed by atoms with Gasteiger partial charge in [-0.2, -0.15) is 0 Å². The summed E-state index contributed by atoms with van der Waals surface area (Å²) in [5.74, 6) is 2.37. The minimum absolute atomic E-state index is 0.438. The van der Waals surface area contributed by atoms with Crippen LogP contribution >= 0.6 is 0 Å². The van der Waals surface area contributed by atoms with Gasteiger partial charge in [-0.25, -0.2) is 0 Å². The minimum Gasteiger partial charge on any atom is -0.493 e. The molecule has 3 nitrogen and oxygen atoms in total. The van der Waals surface area contributed by atoms with E-state index < -0.39 is 0 Å². The molecule has 1 aliphatic carbocycles. The molecule has 0 saturated heterocycles. The normalized spacial score (nSPS) is 22.4. The van der Waals surface area contributed by atoms with E-state index in [4.69, 9.17) is 9.47 Å². The second-order valence-electron chi connectivity index (χ2n) is 5.06. The van der Waals surface area contributed by atoms with Crippen molar-refractivity contribution in [3.63, 3.8) is 0 Å². The van der Waals surface area contributed by atoms with Gasteiger partial charge in [0.2, 0.25) is 0 Å². The van der Waals surface area contributed by atoms with Crippen LogP contribution in [0.5, 0.6) is 11.5 Å². The fraction of sp³-hybridized carbons (Fsp3) is 0.600. The molecule has 2 rings (SSSR count). The molecule has 0 saturated carbocycles. The van der Waals surface area contributed by atoms with Gasteiger partial charge in [-0.3, -0.25) is 0 Å². The Morgan fingerprint density at radius 1 is 1.22 bits per heavy atom. The van der Waals surface area contributed by atoms with Gasteiger partial charge in [0.1, 0.15) is 0 Å². The predicted molar refractivity (Wildman–Crippen MR) is 73.4 cm³/mol. The first-order chi connectivity index (χ1) is 8.69. The smallest absolute Gasteiger partial charge is 0.161 e. The summed E-state index contributed by atoms with van der Waals surface area (Å²) in [6.45, 7) is 5.45. The number of fused-ring (bicyclic) bond motifs is 1. The summed E-state index contributed by atoms with van der Waals surface area (Å²) in [5.41, 5.74) is 2.75. The highest BCUT2D eigenvalue weighted by atomic mass is 16.5. The molecule has 0 aromatic heterocycles. The molecule has 0 aliphatic heterocycles. The van der Waals surface area contributed by atoms with Crippen LogP contribution in [0.15, 0.2) is 12.1 Å². The number of ether oxygens (including phenoxy) is 2. The standard InChI is InChI=1S/C15H23NO2/c1-5-16-13-7-10(2)6-11-8-14(17-3)15(18-4)9-12(11)13/h8-10,13,16H,5-7H2,1-4H3. The van der Waals surface area contributed by atoms with Crippen molar-refractivity contribution >= 4 is 0 Å². The van der Waals surface area contributed by atoms with Crippen molar-refractivity contribution in [2.45, 2.75) is 32.7 Å². The maximum Gasteiger partial charge on any atom is 0.161 e. The van der Waals surface area contributed by atoms with Gasteiger partial charge in [0.25, 0.3) is 0 Å². The van der Waals surface area contributed by atoms with Crippen molar-refractivity contribution < 1.29 is 9.47 Å². The first-order valence-electron chi connectivity index (χ1n) is 6.67. The summed E-state index contributed by atoms with van der Waals surface area (Å²) in [6, 6.07) is 4.70. The molecule has 0 fully saturated rings. The van der Waals surface area contributed by atoms with Gasteiger partial charge in [-0.1, -0.05) is 13.8 Å². The molecular formula is C15H23NO2. The van der Waals surface area contributed by atoms with Gasteiger partial charge < -0.3 is 14.8 Å². The topological polar surface area (TPSA) is 30.5 Å². The van der Waals surface area contributed by atoms with E-state index in [0.717, 1.165) is 24.5 Å². The minimum atomic E-state index is 0.438. The Hall–Kier alpha value is -1.22. The number of benzene rings is 1. The maximum atomic E-state index is 5.40. The van der Waals surface area contributed by atoms with Crippen molar-refractivity contribution in [2.75, 3.05) is 20.8 Å². The van der Waals surface area contributed by atoms with Gasteiger partial charge in [0, 0.05) is 6.04 Å². The Labute approximate surface area is 109 Å². The largest absolute Gasteiger partial charge is 0.493 e. The van der Waals surface area contributed by atoms with Gasteiger partial charge in [-0.05, 0) is 48.6 Å². The van der Waals surface area contributed by atoms with E-state index in [1.807, 2.05) is 0 Å². The van der Waals surface area contributed by atoms with Gasteiger partial charge >= 0.3 is 0 Å². The lowest BCUT2D eigenvalue weighted by Crippen LogP contribution is -2.28. The molecule has 0 spiro atoms. The molecule has 1 aliphatic rings. The fourth-order valence-corrected chi connectivity index (χ4v) is 2.87. The van der Waals surface area contributed by atoms with Crippen LogP contribution in [-0.2, 0) is 6.42 Å². The van der Waals surface area contributed by atoms with Gasteiger partial charge in [0.05, 0.1) is 14.2 Å². The molecule has 2 atom stereocenters. The Balaban J connectivity index is 2.42. The molecule has 0 heterocycles. The lowest BCUT2D eigenvalue weighted by molar-refractivity contribution is 0.345.